The molecule has 0 heterocycles. The summed E-state index contributed by atoms with van der Waals surface area (Å²) in [6.45, 7) is 2.74. The molecule has 3 heteroatoms. The molecule has 0 bridgehead atoms. The average molecular weight is 326 g/mol. The van der Waals surface area contributed by atoms with Crippen LogP contribution in [0, 0.1) is 11.7 Å². The number of hydrogen-bond donors (Lipinski definition) is 1. The Labute approximate surface area is 144 Å². The van der Waals surface area contributed by atoms with Crippen LogP contribution >= 0.6 is 0 Å². The van der Waals surface area contributed by atoms with Crippen LogP contribution in [0.25, 0.3) is 11.1 Å². The Balaban J connectivity index is 1.73. The second-order valence-corrected chi connectivity index (χ2v) is 7.18. The molecular formula is C21H27FN2. The van der Waals surface area contributed by atoms with Crippen LogP contribution < -0.4 is 5.32 Å². The van der Waals surface area contributed by atoms with Gasteiger partial charge in [0.25, 0.3) is 0 Å². The van der Waals surface area contributed by atoms with E-state index in [0.717, 1.165) is 36.7 Å². The number of nitrogens with zero attached hydrogens (tertiary/aromatic N) is 1. The van der Waals surface area contributed by atoms with E-state index in [0.29, 0.717) is 5.56 Å². The van der Waals surface area contributed by atoms with E-state index in [1.165, 1.54) is 24.8 Å². The number of nitrogens with one attached hydrogen (secondary N) is 1. The SMILES string of the molecule is CN(C)Cc1cccc(-c2cc(CNCC3CCC3)ccc2F)c1. The molecule has 1 aliphatic rings. The van der Waals surface area contributed by atoms with Crippen molar-refractivity contribution >= 4 is 0 Å². The molecule has 3 rings (SSSR count). The Hall–Kier alpha value is -1.71. The maximum Gasteiger partial charge on any atom is 0.131 e. The molecule has 0 spiro atoms. The number of benzene rings is 2. The zero-order chi connectivity index (χ0) is 16.9. The van der Waals surface area contributed by atoms with Crippen LogP contribution in [0.15, 0.2) is 42.5 Å². The highest BCUT2D eigenvalue weighted by atomic mass is 19.1. The molecule has 1 N–H and O–H groups in total. The molecule has 0 aliphatic heterocycles. The van der Waals surface area contributed by atoms with Gasteiger partial charge in [0.15, 0.2) is 0 Å². The standard InChI is InChI=1S/C21H27FN2/c1-24(2)15-18-7-4-8-19(11-18)20-12-17(9-10-21(20)22)14-23-13-16-5-3-6-16/h4,7-12,16,23H,3,5-6,13-15H2,1-2H3. The van der Waals surface area contributed by atoms with Gasteiger partial charge in [0, 0.05) is 18.7 Å². The first-order chi connectivity index (χ1) is 11.6. The van der Waals surface area contributed by atoms with Gasteiger partial charge in [0.1, 0.15) is 5.82 Å². The summed E-state index contributed by atoms with van der Waals surface area (Å²) < 4.78 is 14.3. The average Bonchev–Trinajstić information content (AvgIpc) is 2.51. The van der Waals surface area contributed by atoms with E-state index in [2.05, 4.69) is 22.3 Å². The highest BCUT2D eigenvalue weighted by Crippen LogP contribution is 2.27. The van der Waals surface area contributed by atoms with Crippen molar-refractivity contribution < 1.29 is 4.39 Å². The predicted octanol–water partition coefficient (Wildman–Crippen LogP) is 4.44. The molecule has 0 radical (unpaired) electrons. The molecule has 128 valence electrons. The summed E-state index contributed by atoms with van der Waals surface area (Å²) in [5.41, 5.74) is 3.99. The lowest BCUT2D eigenvalue weighted by Crippen LogP contribution is -2.26. The molecule has 2 aromatic rings. The van der Waals surface area contributed by atoms with Gasteiger partial charge in [-0.25, -0.2) is 4.39 Å². The van der Waals surface area contributed by atoms with E-state index in [1.807, 2.05) is 38.4 Å². The molecule has 2 aromatic carbocycles. The van der Waals surface area contributed by atoms with Gasteiger partial charge in [-0.3, -0.25) is 0 Å². The van der Waals surface area contributed by atoms with Crippen LogP contribution in [0.4, 0.5) is 4.39 Å². The Kier molecular flexibility index (Phi) is 5.64. The van der Waals surface area contributed by atoms with E-state index in [1.54, 1.807) is 6.07 Å². The van der Waals surface area contributed by atoms with Gasteiger partial charge in [-0.1, -0.05) is 30.7 Å². The number of hydrogen-bond acceptors (Lipinski definition) is 2. The largest absolute Gasteiger partial charge is 0.312 e. The second-order valence-electron chi connectivity index (χ2n) is 7.18. The van der Waals surface area contributed by atoms with Crippen LogP contribution in [-0.2, 0) is 13.1 Å². The van der Waals surface area contributed by atoms with Crippen LogP contribution in [0.2, 0.25) is 0 Å². The topological polar surface area (TPSA) is 15.3 Å². The predicted molar refractivity (Wildman–Crippen MR) is 98.3 cm³/mol. The summed E-state index contributed by atoms with van der Waals surface area (Å²) in [5.74, 6) is 0.687. The van der Waals surface area contributed by atoms with Gasteiger partial charge in [0.2, 0.25) is 0 Å². The summed E-state index contributed by atoms with van der Waals surface area (Å²) in [4.78, 5) is 2.12. The molecule has 1 aliphatic carbocycles. The third kappa shape index (κ3) is 4.43. The first-order valence-corrected chi connectivity index (χ1v) is 8.85. The van der Waals surface area contributed by atoms with E-state index in [9.17, 15) is 4.39 Å². The maximum absolute atomic E-state index is 14.3. The van der Waals surface area contributed by atoms with Gasteiger partial charge in [-0.2, -0.15) is 0 Å². The smallest absolute Gasteiger partial charge is 0.131 e. The Morgan fingerprint density at radius 1 is 1.08 bits per heavy atom. The normalized spacial score (nSPS) is 14.8. The monoisotopic (exact) mass is 326 g/mol. The third-order valence-electron chi connectivity index (χ3n) is 4.75. The van der Waals surface area contributed by atoms with Crippen LogP contribution in [0.3, 0.4) is 0 Å². The first kappa shape index (κ1) is 17.1. The van der Waals surface area contributed by atoms with Gasteiger partial charge < -0.3 is 10.2 Å². The van der Waals surface area contributed by atoms with Gasteiger partial charge in [-0.05, 0) is 74.3 Å². The lowest BCUT2D eigenvalue weighted by Gasteiger charge is -2.25. The highest BCUT2D eigenvalue weighted by Gasteiger charge is 2.16. The lowest BCUT2D eigenvalue weighted by atomic mass is 9.85. The second kappa shape index (κ2) is 7.91. The zero-order valence-electron chi connectivity index (χ0n) is 14.7. The van der Waals surface area contributed by atoms with Crippen molar-refractivity contribution in [3.8, 4) is 11.1 Å². The van der Waals surface area contributed by atoms with E-state index >= 15 is 0 Å². The molecule has 2 nitrogen and oxygen atoms in total. The Morgan fingerprint density at radius 3 is 2.62 bits per heavy atom. The molecular weight excluding hydrogens is 299 g/mol. The fraction of sp³-hybridized carbons (Fsp3) is 0.429. The first-order valence-electron chi connectivity index (χ1n) is 8.85. The van der Waals surface area contributed by atoms with Crippen molar-refractivity contribution in [2.24, 2.45) is 5.92 Å². The van der Waals surface area contributed by atoms with E-state index in [-0.39, 0.29) is 5.82 Å². The minimum absolute atomic E-state index is 0.153. The quantitative estimate of drug-likeness (QED) is 0.809. The molecule has 1 fully saturated rings. The number of rotatable bonds is 7. The zero-order valence-corrected chi connectivity index (χ0v) is 14.7. The van der Waals surface area contributed by atoms with Crippen LogP contribution in [0.1, 0.15) is 30.4 Å². The molecule has 0 aromatic heterocycles. The molecule has 0 unspecified atom stereocenters. The minimum Gasteiger partial charge on any atom is -0.312 e. The molecule has 0 saturated heterocycles. The van der Waals surface area contributed by atoms with Crippen molar-refractivity contribution in [1.82, 2.24) is 10.2 Å². The Bertz CT molecular complexity index is 677. The molecule has 0 atom stereocenters. The van der Waals surface area contributed by atoms with Gasteiger partial charge in [-0.15, -0.1) is 0 Å². The maximum atomic E-state index is 14.3. The van der Waals surface area contributed by atoms with Gasteiger partial charge in [0.05, 0.1) is 0 Å². The van der Waals surface area contributed by atoms with E-state index in [4.69, 9.17) is 0 Å². The molecule has 24 heavy (non-hydrogen) atoms. The summed E-state index contributed by atoms with van der Waals surface area (Å²) in [6.07, 6.45) is 4.07. The van der Waals surface area contributed by atoms with Gasteiger partial charge >= 0.3 is 0 Å². The van der Waals surface area contributed by atoms with Crippen molar-refractivity contribution in [1.29, 1.82) is 0 Å². The van der Waals surface area contributed by atoms with Crippen molar-refractivity contribution in [3.05, 3.63) is 59.4 Å². The summed E-state index contributed by atoms with van der Waals surface area (Å²) in [7, 11) is 4.09. The van der Waals surface area contributed by atoms with Crippen molar-refractivity contribution in [3.63, 3.8) is 0 Å². The van der Waals surface area contributed by atoms with E-state index < -0.39 is 0 Å². The van der Waals surface area contributed by atoms with Crippen LogP contribution in [0.5, 0.6) is 0 Å². The summed E-state index contributed by atoms with van der Waals surface area (Å²) in [6, 6.07) is 13.6. The minimum atomic E-state index is -0.153. The van der Waals surface area contributed by atoms with Crippen molar-refractivity contribution in [2.75, 3.05) is 20.6 Å². The summed E-state index contributed by atoms with van der Waals surface area (Å²) in [5, 5.41) is 3.51. The van der Waals surface area contributed by atoms with Crippen LogP contribution in [-0.4, -0.2) is 25.5 Å². The third-order valence-corrected chi connectivity index (χ3v) is 4.75. The fourth-order valence-electron chi connectivity index (χ4n) is 3.22. The number of halogens is 1. The fourth-order valence-corrected chi connectivity index (χ4v) is 3.22. The summed E-state index contributed by atoms with van der Waals surface area (Å²) >= 11 is 0. The Morgan fingerprint density at radius 2 is 1.92 bits per heavy atom. The van der Waals surface area contributed by atoms with Crippen molar-refractivity contribution in [2.45, 2.75) is 32.4 Å². The highest BCUT2D eigenvalue weighted by molar-refractivity contribution is 5.65. The molecule has 0 amide bonds. The lowest BCUT2D eigenvalue weighted by molar-refractivity contribution is 0.301. The molecule has 1 saturated carbocycles.